The zero-order chi connectivity index (χ0) is 13.1. The molecule has 1 saturated heterocycles. The molecule has 0 aromatic rings. The average Bonchev–Trinajstić information content (AvgIpc) is 2.38. The van der Waals surface area contributed by atoms with E-state index in [0.29, 0.717) is 19.5 Å². The maximum atomic E-state index is 11.5. The molecule has 1 unspecified atom stereocenters. The molecule has 1 amide bonds. The summed E-state index contributed by atoms with van der Waals surface area (Å²) in [5, 5.41) is 6.00. The Bertz CT molecular complexity index is 376. The SMILES string of the molecule is CC(C)(CNC1CCCNC(=O)C1)S(C)(=O)=O. The maximum Gasteiger partial charge on any atom is 0.221 e. The molecule has 1 heterocycles. The topological polar surface area (TPSA) is 75.3 Å². The first-order valence-electron chi connectivity index (χ1n) is 5.92. The van der Waals surface area contributed by atoms with Gasteiger partial charge in [0, 0.05) is 31.8 Å². The monoisotopic (exact) mass is 262 g/mol. The first kappa shape index (κ1) is 14.4. The number of hydrogen-bond acceptors (Lipinski definition) is 4. The third-order valence-corrected chi connectivity index (χ3v) is 5.46. The molecule has 1 aliphatic rings. The fraction of sp³-hybridized carbons (Fsp3) is 0.909. The van der Waals surface area contributed by atoms with Gasteiger partial charge in [-0.05, 0) is 26.7 Å². The zero-order valence-corrected chi connectivity index (χ0v) is 11.6. The van der Waals surface area contributed by atoms with E-state index >= 15 is 0 Å². The predicted molar refractivity (Wildman–Crippen MR) is 67.6 cm³/mol. The molecule has 5 nitrogen and oxygen atoms in total. The van der Waals surface area contributed by atoms with Crippen LogP contribution in [0, 0.1) is 0 Å². The standard InChI is InChI=1S/C11H22N2O3S/c1-11(2,17(3,15)16)8-13-9-5-4-6-12-10(14)7-9/h9,13H,4-8H2,1-3H3,(H,12,14). The van der Waals surface area contributed by atoms with Crippen LogP contribution in [-0.2, 0) is 14.6 Å². The minimum absolute atomic E-state index is 0.0390. The molecule has 0 saturated carbocycles. The van der Waals surface area contributed by atoms with E-state index in [1.165, 1.54) is 6.26 Å². The van der Waals surface area contributed by atoms with Crippen molar-refractivity contribution in [1.82, 2.24) is 10.6 Å². The van der Waals surface area contributed by atoms with Crippen LogP contribution < -0.4 is 10.6 Å². The van der Waals surface area contributed by atoms with Crippen LogP contribution in [0.25, 0.3) is 0 Å². The van der Waals surface area contributed by atoms with Crippen LogP contribution in [0.5, 0.6) is 0 Å². The Labute approximate surface area is 103 Å². The zero-order valence-electron chi connectivity index (χ0n) is 10.7. The second-order valence-corrected chi connectivity index (χ2v) is 7.96. The van der Waals surface area contributed by atoms with Crippen LogP contribution in [0.4, 0.5) is 0 Å². The molecule has 0 aliphatic carbocycles. The number of rotatable bonds is 4. The third kappa shape index (κ3) is 4.27. The summed E-state index contributed by atoms with van der Waals surface area (Å²) >= 11 is 0. The molecular formula is C11H22N2O3S. The van der Waals surface area contributed by atoms with Crippen molar-refractivity contribution >= 4 is 15.7 Å². The molecule has 1 aliphatic heterocycles. The molecule has 0 radical (unpaired) electrons. The molecular weight excluding hydrogens is 240 g/mol. The lowest BCUT2D eigenvalue weighted by atomic mass is 10.1. The van der Waals surface area contributed by atoms with E-state index in [9.17, 15) is 13.2 Å². The Hall–Kier alpha value is -0.620. The number of carbonyl (C=O) groups excluding carboxylic acids is 1. The van der Waals surface area contributed by atoms with Gasteiger partial charge in [-0.1, -0.05) is 0 Å². The third-order valence-electron chi connectivity index (χ3n) is 3.30. The Morgan fingerprint density at radius 1 is 1.47 bits per heavy atom. The quantitative estimate of drug-likeness (QED) is 0.752. The molecule has 100 valence electrons. The van der Waals surface area contributed by atoms with Gasteiger partial charge in [-0.3, -0.25) is 4.79 Å². The Kier molecular flexibility index (Phi) is 4.55. The summed E-state index contributed by atoms with van der Waals surface area (Å²) in [6.45, 7) is 4.49. The van der Waals surface area contributed by atoms with Gasteiger partial charge in [0.05, 0.1) is 4.75 Å². The normalized spacial score (nSPS) is 23.0. The second-order valence-electron chi connectivity index (χ2n) is 5.31. The smallest absolute Gasteiger partial charge is 0.221 e. The number of carbonyl (C=O) groups is 1. The Morgan fingerprint density at radius 2 is 2.12 bits per heavy atom. The summed E-state index contributed by atoms with van der Waals surface area (Å²) < 4.78 is 22.3. The highest BCUT2D eigenvalue weighted by Crippen LogP contribution is 2.15. The van der Waals surface area contributed by atoms with Gasteiger partial charge < -0.3 is 10.6 Å². The molecule has 0 aromatic carbocycles. The lowest BCUT2D eigenvalue weighted by molar-refractivity contribution is -0.121. The van der Waals surface area contributed by atoms with Crippen LogP contribution >= 0.6 is 0 Å². The summed E-state index contributed by atoms with van der Waals surface area (Å²) in [5.41, 5.74) is 0. The van der Waals surface area contributed by atoms with Gasteiger partial charge in [-0.25, -0.2) is 8.42 Å². The number of amides is 1. The Morgan fingerprint density at radius 3 is 2.71 bits per heavy atom. The van der Waals surface area contributed by atoms with Crippen LogP contribution in [-0.4, -0.2) is 44.5 Å². The average molecular weight is 262 g/mol. The molecule has 1 atom stereocenters. The van der Waals surface area contributed by atoms with Gasteiger partial charge in [0.2, 0.25) is 5.91 Å². The van der Waals surface area contributed by atoms with Crippen molar-refractivity contribution in [1.29, 1.82) is 0 Å². The molecule has 1 rings (SSSR count). The van der Waals surface area contributed by atoms with Crippen molar-refractivity contribution in [3.8, 4) is 0 Å². The first-order valence-corrected chi connectivity index (χ1v) is 7.81. The van der Waals surface area contributed by atoms with Crippen LogP contribution in [0.1, 0.15) is 33.1 Å². The fourth-order valence-electron chi connectivity index (χ4n) is 1.67. The van der Waals surface area contributed by atoms with Crippen molar-refractivity contribution in [3.63, 3.8) is 0 Å². The lowest BCUT2D eigenvalue weighted by Crippen LogP contribution is -2.45. The van der Waals surface area contributed by atoms with Gasteiger partial charge in [-0.2, -0.15) is 0 Å². The van der Waals surface area contributed by atoms with Gasteiger partial charge in [0.15, 0.2) is 9.84 Å². The van der Waals surface area contributed by atoms with E-state index in [1.54, 1.807) is 13.8 Å². The van der Waals surface area contributed by atoms with Crippen molar-refractivity contribution in [2.45, 2.75) is 43.9 Å². The summed E-state index contributed by atoms with van der Waals surface area (Å²) in [5.74, 6) is 0.0390. The van der Waals surface area contributed by atoms with Gasteiger partial charge in [0.25, 0.3) is 0 Å². The fourth-order valence-corrected chi connectivity index (χ4v) is 2.02. The number of nitrogens with one attached hydrogen (secondary N) is 2. The van der Waals surface area contributed by atoms with Crippen molar-refractivity contribution in [2.24, 2.45) is 0 Å². The van der Waals surface area contributed by atoms with E-state index in [2.05, 4.69) is 10.6 Å². The summed E-state index contributed by atoms with van der Waals surface area (Å²) in [7, 11) is -3.09. The number of hydrogen-bond donors (Lipinski definition) is 2. The van der Waals surface area contributed by atoms with Gasteiger partial charge >= 0.3 is 0 Å². The maximum absolute atomic E-state index is 11.5. The highest BCUT2D eigenvalue weighted by atomic mass is 32.2. The second kappa shape index (κ2) is 5.35. The van der Waals surface area contributed by atoms with Gasteiger partial charge in [-0.15, -0.1) is 0 Å². The summed E-state index contributed by atoms with van der Waals surface area (Å²) in [4.78, 5) is 11.3. The highest BCUT2D eigenvalue weighted by molar-refractivity contribution is 7.92. The molecule has 1 fully saturated rings. The summed E-state index contributed by atoms with van der Waals surface area (Å²) in [6.07, 6.45) is 3.51. The Balaban J connectivity index is 2.52. The van der Waals surface area contributed by atoms with E-state index in [1.807, 2.05) is 0 Å². The van der Waals surface area contributed by atoms with Crippen molar-refractivity contribution in [3.05, 3.63) is 0 Å². The van der Waals surface area contributed by atoms with E-state index in [0.717, 1.165) is 12.8 Å². The van der Waals surface area contributed by atoms with Crippen LogP contribution in [0.2, 0.25) is 0 Å². The van der Waals surface area contributed by atoms with Crippen LogP contribution in [0.15, 0.2) is 0 Å². The van der Waals surface area contributed by atoms with E-state index in [4.69, 9.17) is 0 Å². The van der Waals surface area contributed by atoms with E-state index in [-0.39, 0.29) is 11.9 Å². The summed E-state index contributed by atoms with van der Waals surface area (Å²) in [6, 6.07) is 0.0820. The van der Waals surface area contributed by atoms with Crippen molar-refractivity contribution < 1.29 is 13.2 Å². The minimum atomic E-state index is -3.09. The van der Waals surface area contributed by atoms with Crippen molar-refractivity contribution in [2.75, 3.05) is 19.3 Å². The van der Waals surface area contributed by atoms with Gasteiger partial charge in [0.1, 0.15) is 0 Å². The largest absolute Gasteiger partial charge is 0.356 e. The van der Waals surface area contributed by atoms with E-state index < -0.39 is 14.6 Å². The molecule has 2 N–H and O–H groups in total. The molecule has 0 spiro atoms. The molecule has 0 aromatic heterocycles. The molecule has 17 heavy (non-hydrogen) atoms. The number of sulfone groups is 1. The molecule has 0 bridgehead atoms. The highest BCUT2D eigenvalue weighted by Gasteiger charge is 2.31. The predicted octanol–water partition coefficient (Wildman–Crippen LogP) is 0.0679. The van der Waals surface area contributed by atoms with Crippen LogP contribution in [0.3, 0.4) is 0 Å². The minimum Gasteiger partial charge on any atom is -0.356 e. The first-order chi connectivity index (χ1) is 7.72. The lowest BCUT2D eigenvalue weighted by Gasteiger charge is -2.26. The molecule has 6 heteroatoms.